The molecular weight excluding hydrogens is 329 g/mol. The lowest BCUT2D eigenvalue weighted by molar-refractivity contribution is -0.0168. The third-order valence-electron chi connectivity index (χ3n) is 4.84. The van der Waals surface area contributed by atoms with E-state index in [0.29, 0.717) is 6.54 Å². The van der Waals surface area contributed by atoms with Crippen LogP contribution in [0.25, 0.3) is 11.1 Å². The van der Waals surface area contributed by atoms with Gasteiger partial charge in [0.25, 0.3) is 0 Å². The first-order valence-electron chi connectivity index (χ1n) is 9.45. The Hall–Kier alpha value is -1.91. The number of likely N-dealkylation sites (tertiary alicyclic amines) is 1. The molecule has 2 aromatic rings. The van der Waals surface area contributed by atoms with Gasteiger partial charge in [0, 0.05) is 6.54 Å². The van der Waals surface area contributed by atoms with E-state index < -0.39 is 5.60 Å². The van der Waals surface area contributed by atoms with Crippen LogP contribution in [0.4, 0.5) is 4.39 Å². The fourth-order valence-electron chi connectivity index (χ4n) is 3.45. The largest absolute Gasteiger partial charge is 0.491 e. The highest BCUT2D eigenvalue weighted by atomic mass is 19.1. The summed E-state index contributed by atoms with van der Waals surface area (Å²) >= 11 is 0. The molecule has 3 nitrogen and oxygen atoms in total. The van der Waals surface area contributed by atoms with Gasteiger partial charge >= 0.3 is 0 Å². The van der Waals surface area contributed by atoms with Crippen molar-refractivity contribution in [2.45, 2.75) is 38.2 Å². The van der Waals surface area contributed by atoms with Gasteiger partial charge in [-0.1, -0.05) is 37.1 Å². The fourth-order valence-corrected chi connectivity index (χ4v) is 3.45. The molecule has 1 atom stereocenters. The molecular formula is C22H28FNO2. The van der Waals surface area contributed by atoms with Crippen molar-refractivity contribution in [2.24, 2.45) is 0 Å². The van der Waals surface area contributed by atoms with E-state index in [1.54, 1.807) is 12.1 Å². The standard InChI is InChI=1S/C22H28FNO2/c1-22(25,16-24-14-4-2-3-5-15-24)17-26-21-12-8-19(9-13-21)18-6-10-20(23)11-7-18/h6-13,25H,2-5,14-17H2,1H3. The molecule has 4 heteroatoms. The van der Waals surface area contributed by atoms with Crippen LogP contribution in [-0.4, -0.2) is 41.8 Å². The number of rotatable bonds is 6. The average molecular weight is 357 g/mol. The second kappa shape index (κ2) is 8.65. The van der Waals surface area contributed by atoms with Crippen LogP contribution in [0.2, 0.25) is 0 Å². The molecule has 0 amide bonds. The maximum Gasteiger partial charge on any atom is 0.123 e. The van der Waals surface area contributed by atoms with Gasteiger partial charge in [0.05, 0.1) is 0 Å². The molecule has 0 radical (unpaired) electrons. The molecule has 3 rings (SSSR count). The quantitative estimate of drug-likeness (QED) is 0.826. The van der Waals surface area contributed by atoms with Crippen molar-refractivity contribution in [1.29, 1.82) is 0 Å². The number of benzene rings is 2. The third-order valence-corrected chi connectivity index (χ3v) is 4.84. The van der Waals surface area contributed by atoms with Gasteiger partial charge in [-0.3, -0.25) is 0 Å². The highest BCUT2D eigenvalue weighted by molar-refractivity contribution is 5.63. The van der Waals surface area contributed by atoms with Crippen LogP contribution in [0.1, 0.15) is 32.6 Å². The van der Waals surface area contributed by atoms with Crippen LogP contribution < -0.4 is 4.74 Å². The van der Waals surface area contributed by atoms with Crippen molar-refractivity contribution < 1.29 is 14.2 Å². The van der Waals surface area contributed by atoms with Crippen LogP contribution in [0.3, 0.4) is 0 Å². The predicted molar refractivity (Wildman–Crippen MR) is 103 cm³/mol. The average Bonchev–Trinajstić information content (AvgIpc) is 2.89. The lowest BCUT2D eigenvalue weighted by atomic mass is 10.1. The monoisotopic (exact) mass is 357 g/mol. The smallest absolute Gasteiger partial charge is 0.123 e. The van der Waals surface area contributed by atoms with Gasteiger partial charge < -0.3 is 14.7 Å². The van der Waals surface area contributed by atoms with Crippen molar-refractivity contribution in [3.05, 3.63) is 54.3 Å². The van der Waals surface area contributed by atoms with Crippen LogP contribution in [0, 0.1) is 5.82 Å². The first-order chi connectivity index (χ1) is 12.5. The van der Waals surface area contributed by atoms with E-state index in [0.717, 1.165) is 30.0 Å². The number of nitrogens with zero attached hydrogens (tertiary/aromatic N) is 1. The van der Waals surface area contributed by atoms with Crippen molar-refractivity contribution >= 4 is 0 Å². The molecule has 1 saturated heterocycles. The lowest BCUT2D eigenvalue weighted by Gasteiger charge is -2.30. The normalized spacial score (nSPS) is 18.1. The van der Waals surface area contributed by atoms with Gasteiger partial charge in [-0.15, -0.1) is 0 Å². The van der Waals surface area contributed by atoms with Crippen LogP contribution in [-0.2, 0) is 0 Å². The lowest BCUT2D eigenvalue weighted by Crippen LogP contribution is -2.45. The zero-order valence-corrected chi connectivity index (χ0v) is 15.5. The first-order valence-corrected chi connectivity index (χ1v) is 9.45. The summed E-state index contributed by atoms with van der Waals surface area (Å²) < 4.78 is 18.8. The number of hydrogen-bond donors (Lipinski definition) is 1. The number of halogens is 1. The van der Waals surface area contributed by atoms with E-state index >= 15 is 0 Å². The van der Waals surface area contributed by atoms with Crippen molar-refractivity contribution in [1.82, 2.24) is 4.90 Å². The molecule has 0 aromatic heterocycles. The SMILES string of the molecule is CC(O)(COc1ccc(-c2ccc(F)cc2)cc1)CN1CCCCCC1. The Bertz CT molecular complexity index is 674. The second-order valence-electron chi connectivity index (χ2n) is 7.51. The minimum Gasteiger partial charge on any atom is -0.491 e. The molecule has 1 aliphatic heterocycles. The molecule has 1 fully saturated rings. The molecule has 26 heavy (non-hydrogen) atoms. The minimum absolute atomic E-state index is 0.236. The predicted octanol–water partition coefficient (Wildman–Crippen LogP) is 4.50. The highest BCUT2D eigenvalue weighted by Crippen LogP contribution is 2.23. The van der Waals surface area contributed by atoms with E-state index in [4.69, 9.17) is 4.74 Å². The Kier molecular flexibility index (Phi) is 6.28. The van der Waals surface area contributed by atoms with E-state index in [2.05, 4.69) is 4.90 Å². The van der Waals surface area contributed by atoms with Gasteiger partial charge in [0.15, 0.2) is 0 Å². The van der Waals surface area contributed by atoms with Crippen molar-refractivity contribution in [2.75, 3.05) is 26.2 Å². The highest BCUT2D eigenvalue weighted by Gasteiger charge is 2.25. The second-order valence-corrected chi connectivity index (χ2v) is 7.51. The first kappa shape index (κ1) is 18.9. The molecule has 1 aliphatic rings. The van der Waals surface area contributed by atoms with Gasteiger partial charge in [0.2, 0.25) is 0 Å². The van der Waals surface area contributed by atoms with Gasteiger partial charge in [-0.05, 0) is 68.2 Å². The summed E-state index contributed by atoms with van der Waals surface area (Å²) in [5.74, 6) is 0.493. The Balaban J connectivity index is 1.54. The Morgan fingerprint density at radius 1 is 0.923 bits per heavy atom. The van der Waals surface area contributed by atoms with E-state index in [1.165, 1.54) is 37.8 Å². The summed E-state index contributed by atoms with van der Waals surface area (Å²) in [5.41, 5.74) is 1.10. The molecule has 0 saturated carbocycles. The number of hydrogen-bond acceptors (Lipinski definition) is 3. The van der Waals surface area contributed by atoms with Crippen LogP contribution in [0.15, 0.2) is 48.5 Å². The maximum atomic E-state index is 13.0. The fraction of sp³-hybridized carbons (Fsp3) is 0.455. The summed E-state index contributed by atoms with van der Waals surface area (Å²) in [6.45, 7) is 4.86. The molecule has 0 spiro atoms. The van der Waals surface area contributed by atoms with Crippen molar-refractivity contribution in [3.8, 4) is 16.9 Å². The number of aliphatic hydroxyl groups is 1. The summed E-state index contributed by atoms with van der Waals surface area (Å²) in [5, 5.41) is 10.7. The van der Waals surface area contributed by atoms with Crippen LogP contribution >= 0.6 is 0 Å². The molecule has 0 aliphatic carbocycles. The number of ether oxygens (including phenoxy) is 1. The zero-order chi connectivity index (χ0) is 18.4. The molecule has 2 aromatic carbocycles. The summed E-state index contributed by atoms with van der Waals surface area (Å²) in [6, 6.07) is 14.1. The third kappa shape index (κ3) is 5.55. The van der Waals surface area contributed by atoms with Crippen molar-refractivity contribution in [3.63, 3.8) is 0 Å². The summed E-state index contributed by atoms with van der Waals surface area (Å²) in [6.07, 6.45) is 4.99. The summed E-state index contributed by atoms with van der Waals surface area (Å²) in [7, 11) is 0. The molecule has 0 bridgehead atoms. The van der Waals surface area contributed by atoms with E-state index in [-0.39, 0.29) is 12.4 Å². The summed E-state index contributed by atoms with van der Waals surface area (Å²) in [4.78, 5) is 2.34. The van der Waals surface area contributed by atoms with Gasteiger partial charge in [0.1, 0.15) is 23.8 Å². The number of β-amino-alcohol motifs (C(OH)–C–C–N with tert-alkyl or cyclic N) is 1. The zero-order valence-electron chi connectivity index (χ0n) is 15.5. The van der Waals surface area contributed by atoms with Crippen LogP contribution in [0.5, 0.6) is 5.75 Å². The molecule has 1 unspecified atom stereocenters. The molecule has 1 N–H and O–H groups in total. The maximum absolute atomic E-state index is 13.0. The Morgan fingerprint density at radius 3 is 2.04 bits per heavy atom. The molecule has 140 valence electrons. The topological polar surface area (TPSA) is 32.7 Å². The van der Waals surface area contributed by atoms with Gasteiger partial charge in [-0.25, -0.2) is 4.39 Å². The minimum atomic E-state index is -0.875. The van der Waals surface area contributed by atoms with E-state index in [1.807, 2.05) is 31.2 Å². The van der Waals surface area contributed by atoms with Gasteiger partial charge in [-0.2, -0.15) is 0 Å². The Morgan fingerprint density at radius 2 is 1.46 bits per heavy atom. The molecule has 1 heterocycles. The Labute approximate surface area is 155 Å². The van der Waals surface area contributed by atoms with E-state index in [9.17, 15) is 9.50 Å².